The molecule has 3 rings (SSSR count). The molecule has 1 N–H and O–H groups in total. The number of aliphatic hydroxyl groups is 1. The summed E-state index contributed by atoms with van der Waals surface area (Å²) in [5.74, 6) is -0.949. The summed E-state index contributed by atoms with van der Waals surface area (Å²) in [5, 5.41) is 11.1. The third-order valence-electron chi connectivity index (χ3n) is 5.19. The Morgan fingerprint density at radius 3 is 2.53 bits per heavy atom. The number of Topliss-reactive ketones (excluding diaryl/α,β-unsaturated/α-hetero) is 1. The molecule has 0 spiro atoms. The van der Waals surface area contributed by atoms with E-state index in [4.69, 9.17) is 4.74 Å². The lowest BCUT2D eigenvalue weighted by atomic mass is 9.94. The number of hydrogen-bond donors (Lipinski definition) is 1. The molecule has 7 heteroatoms. The fourth-order valence-corrected chi connectivity index (χ4v) is 3.83. The first-order valence-electron chi connectivity index (χ1n) is 9.58. The molecule has 0 aromatic heterocycles. The van der Waals surface area contributed by atoms with Gasteiger partial charge in [0.25, 0.3) is 11.7 Å². The summed E-state index contributed by atoms with van der Waals surface area (Å²) in [6.45, 7) is 2.82. The predicted octanol–water partition coefficient (Wildman–Crippen LogP) is 3.75. The molecule has 0 bridgehead atoms. The molecule has 2 aromatic rings. The molecule has 6 nitrogen and oxygen atoms in total. The van der Waals surface area contributed by atoms with Gasteiger partial charge in [0.15, 0.2) is 0 Å². The van der Waals surface area contributed by atoms with Crippen LogP contribution in [0.25, 0.3) is 5.76 Å². The second kappa shape index (κ2) is 9.02. The molecule has 1 aliphatic rings. The van der Waals surface area contributed by atoms with Crippen molar-refractivity contribution < 1.29 is 19.4 Å². The number of carbonyl (C=O) groups is 2. The zero-order valence-corrected chi connectivity index (χ0v) is 19.1. The number of ketones is 1. The van der Waals surface area contributed by atoms with E-state index >= 15 is 0 Å². The zero-order valence-electron chi connectivity index (χ0n) is 17.5. The van der Waals surface area contributed by atoms with E-state index in [0.717, 1.165) is 10.0 Å². The van der Waals surface area contributed by atoms with Crippen LogP contribution in [0, 0.1) is 6.92 Å². The first-order chi connectivity index (χ1) is 14.3. The number of halogens is 1. The molecule has 1 atom stereocenters. The number of aliphatic hydroxyl groups excluding tert-OH is 1. The van der Waals surface area contributed by atoms with Crippen molar-refractivity contribution in [2.75, 3.05) is 34.3 Å². The minimum absolute atomic E-state index is 0.0741. The van der Waals surface area contributed by atoms with Gasteiger partial charge in [0.2, 0.25) is 0 Å². The number of amides is 1. The lowest BCUT2D eigenvalue weighted by Gasteiger charge is -2.27. The number of likely N-dealkylation sites (tertiary alicyclic amines) is 1. The van der Waals surface area contributed by atoms with Crippen LogP contribution in [0.2, 0.25) is 0 Å². The smallest absolute Gasteiger partial charge is 0.295 e. The van der Waals surface area contributed by atoms with Crippen LogP contribution < -0.4 is 4.74 Å². The molecule has 0 radical (unpaired) electrons. The number of methoxy groups -OCH3 is 1. The molecule has 158 valence electrons. The summed E-state index contributed by atoms with van der Waals surface area (Å²) in [7, 11) is 5.35. The molecule has 2 aromatic carbocycles. The van der Waals surface area contributed by atoms with Crippen molar-refractivity contribution in [2.24, 2.45) is 0 Å². The van der Waals surface area contributed by atoms with E-state index in [0.29, 0.717) is 30.0 Å². The molecule has 0 aliphatic carbocycles. The molecule has 0 saturated carbocycles. The van der Waals surface area contributed by atoms with E-state index < -0.39 is 17.7 Å². The van der Waals surface area contributed by atoms with Crippen molar-refractivity contribution in [1.82, 2.24) is 9.80 Å². The lowest BCUT2D eigenvalue weighted by Crippen LogP contribution is -2.35. The SMILES string of the molecule is COc1ccccc1C1/C(=C(\O)c2ccc(Br)c(C)c2)C(=O)C(=O)N1CCN(C)C. The summed E-state index contributed by atoms with van der Waals surface area (Å²) in [4.78, 5) is 29.4. The largest absolute Gasteiger partial charge is 0.507 e. The Bertz CT molecular complexity index is 1020. The molecule has 1 unspecified atom stereocenters. The van der Waals surface area contributed by atoms with Gasteiger partial charge >= 0.3 is 0 Å². The van der Waals surface area contributed by atoms with Gasteiger partial charge < -0.3 is 19.6 Å². The van der Waals surface area contributed by atoms with Crippen molar-refractivity contribution >= 4 is 33.4 Å². The van der Waals surface area contributed by atoms with Gasteiger partial charge in [0.1, 0.15) is 11.5 Å². The zero-order chi connectivity index (χ0) is 22.0. The summed E-state index contributed by atoms with van der Waals surface area (Å²) >= 11 is 3.45. The predicted molar refractivity (Wildman–Crippen MR) is 119 cm³/mol. The number of carbonyl (C=O) groups excluding carboxylic acids is 2. The minimum Gasteiger partial charge on any atom is -0.507 e. The summed E-state index contributed by atoms with van der Waals surface area (Å²) in [6, 6.07) is 11.8. The van der Waals surface area contributed by atoms with Gasteiger partial charge in [0.05, 0.1) is 18.7 Å². The lowest BCUT2D eigenvalue weighted by molar-refractivity contribution is -0.140. The van der Waals surface area contributed by atoms with Crippen molar-refractivity contribution in [2.45, 2.75) is 13.0 Å². The standard InChI is InChI=1S/C23H25BrN2O4/c1-14-13-15(9-10-17(14)24)21(27)19-20(16-7-5-6-8-18(16)30-4)26(12-11-25(2)3)23(29)22(19)28/h5-10,13,20,27H,11-12H2,1-4H3/b21-19+. The van der Waals surface area contributed by atoms with E-state index in [2.05, 4.69) is 15.9 Å². The van der Waals surface area contributed by atoms with E-state index in [1.807, 2.05) is 50.2 Å². The Morgan fingerprint density at radius 2 is 1.90 bits per heavy atom. The van der Waals surface area contributed by atoms with Crippen LogP contribution in [-0.2, 0) is 9.59 Å². The highest BCUT2D eigenvalue weighted by Crippen LogP contribution is 2.42. The van der Waals surface area contributed by atoms with Crippen molar-refractivity contribution in [3.05, 3.63) is 69.2 Å². The van der Waals surface area contributed by atoms with Crippen molar-refractivity contribution in [3.63, 3.8) is 0 Å². The van der Waals surface area contributed by atoms with Gasteiger partial charge in [-0.05, 0) is 44.8 Å². The summed E-state index contributed by atoms with van der Waals surface area (Å²) < 4.78 is 6.40. The first kappa shape index (κ1) is 22.1. The third-order valence-corrected chi connectivity index (χ3v) is 6.08. The van der Waals surface area contributed by atoms with Crippen LogP contribution in [0.5, 0.6) is 5.75 Å². The second-order valence-electron chi connectivity index (χ2n) is 7.50. The molecule has 1 heterocycles. The number of aryl methyl sites for hydroxylation is 1. The number of likely N-dealkylation sites (N-methyl/N-ethyl adjacent to an activating group) is 1. The first-order valence-corrected chi connectivity index (χ1v) is 10.4. The van der Waals surface area contributed by atoms with E-state index in [1.165, 1.54) is 4.90 Å². The summed E-state index contributed by atoms with van der Waals surface area (Å²) in [5.41, 5.74) is 2.13. The average Bonchev–Trinajstić information content (AvgIpc) is 2.98. The van der Waals surface area contributed by atoms with Gasteiger partial charge in [-0.2, -0.15) is 0 Å². The monoisotopic (exact) mass is 472 g/mol. The van der Waals surface area contributed by atoms with Gasteiger partial charge in [-0.25, -0.2) is 0 Å². The summed E-state index contributed by atoms with van der Waals surface area (Å²) in [6.07, 6.45) is 0. The van der Waals surface area contributed by atoms with Crippen LogP contribution in [0.15, 0.2) is 52.5 Å². The van der Waals surface area contributed by atoms with Gasteiger partial charge in [0, 0.05) is 28.7 Å². The fraction of sp³-hybridized carbons (Fsp3) is 0.304. The maximum absolute atomic E-state index is 13.0. The Labute approximate surface area is 184 Å². The van der Waals surface area contributed by atoms with Crippen LogP contribution in [0.1, 0.15) is 22.7 Å². The molecule has 1 saturated heterocycles. The molecular weight excluding hydrogens is 448 g/mol. The van der Waals surface area contributed by atoms with Crippen molar-refractivity contribution in [3.8, 4) is 5.75 Å². The normalized spacial score (nSPS) is 18.3. The molecular formula is C23H25BrN2O4. The van der Waals surface area contributed by atoms with Crippen LogP contribution in [-0.4, -0.2) is 60.9 Å². The highest BCUT2D eigenvalue weighted by molar-refractivity contribution is 9.10. The van der Waals surface area contributed by atoms with Gasteiger partial charge in [-0.1, -0.05) is 40.2 Å². The molecule has 1 fully saturated rings. The second-order valence-corrected chi connectivity index (χ2v) is 8.36. The average molecular weight is 473 g/mol. The van der Waals surface area contributed by atoms with E-state index in [1.54, 1.807) is 25.3 Å². The number of hydrogen-bond acceptors (Lipinski definition) is 5. The Hall–Kier alpha value is -2.64. The third kappa shape index (κ3) is 4.13. The molecule has 1 amide bonds. The minimum atomic E-state index is -0.731. The van der Waals surface area contributed by atoms with Gasteiger partial charge in [-0.3, -0.25) is 9.59 Å². The maximum Gasteiger partial charge on any atom is 0.295 e. The molecule has 30 heavy (non-hydrogen) atoms. The quantitative estimate of drug-likeness (QED) is 0.393. The number of nitrogens with zero attached hydrogens (tertiary/aromatic N) is 2. The Balaban J connectivity index is 2.21. The van der Waals surface area contributed by atoms with Gasteiger partial charge in [-0.15, -0.1) is 0 Å². The Morgan fingerprint density at radius 1 is 1.20 bits per heavy atom. The number of benzene rings is 2. The van der Waals surface area contributed by atoms with E-state index in [-0.39, 0.29) is 11.3 Å². The topological polar surface area (TPSA) is 70.1 Å². The van der Waals surface area contributed by atoms with Crippen LogP contribution in [0.3, 0.4) is 0 Å². The number of ether oxygens (including phenoxy) is 1. The highest BCUT2D eigenvalue weighted by Gasteiger charge is 2.46. The van der Waals surface area contributed by atoms with Crippen LogP contribution >= 0.6 is 15.9 Å². The highest BCUT2D eigenvalue weighted by atomic mass is 79.9. The van der Waals surface area contributed by atoms with Crippen LogP contribution in [0.4, 0.5) is 0 Å². The molecule has 1 aliphatic heterocycles. The van der Waals surface area contributed by atoms with Crippen molar-refractivity contribution in [1.29, 1.82) is 0 Å². The Kier molecular flexibility index (Phi) is 6.63. The number of rotatable bonds is 6. The van der Waals surface area contributed by atoms with E-state index in [9.17, 15) is 14.7 Å². The fourth-order valence-electron chi connectivity index (χ4n) is 3.58. The number of para-hydroxylation sites is 1. The maximum atomic E-state index is 13.0.